The average molecular weight is 387 g/mol. The number of amides is 1. The highest BCUT2D eigenvalue weighted by atomic mass is 32.2. The van der Waals surface area contributed by atoms with Crippen LogP contribution in [0.1, 0.15) is 17.5 Å². The Kier molecular flexibility index (Phi) is 6.93. The van der Waals surface area contributed by atoms with E-state index >= 15 is 0 Å². The molecule has 1 N–H and O–H groups in total. The van der Waals surface area contributed by atoms with Crippen molar-refractivity contribution < 1.29 is 17.9 Å². The molecule has 0 aliphatic heterocycles. The van der Waals surface area contributed by atoms with Gasteiger partial charge in [-0.2, -0.15) is 9.57 Å². The first-order valence-corrected chi connectivity index (χ1v) is 10.0. The van der Waals surface area contributed by atoms with Gasteiger partial charge in [0, 0.05) is 25.2 Å². The van der Waals surface area contributed by atoms with Crippen LogP contribution in [-0.2, 0) is 21.4 Å². The second kappa shape index (κ2) is 9.16. The highest BCUT2D eigenvalue weighted by Gasteiger charge is 2.18. The molecule has 0 radical (unpaired) electrons. The third-order valence-electron chi connectivity index (χ3n) is 3.87. The molecule has 0 aliphatic rings. The van der Waals surface area contributed by atoms with Crippen molar-refractivity contribution in [2.24, 2.45) is 0 Å². The van der Waals surface area contributed by atoms with Crippen LogP contribution in [0.4, 0.5) is 5.69 Å². The molecule has 0 saturated carbocycles. The number of hydrogen-bond donors (Lipinski definition) is 1. The minimum absolute atomic E-state index is 0.0171. The predicted molar refractivity (Wildman–Crippen MR) is 103 cm³/mol. The number of ether oxygens (including phenoxy) is 1. The maximum atomic E-state index is 12.1. The summed E-state index contributed by atoms with van der Waals surface area (Å²) in [5.41, 5.74) is 1.85. The molecule has 1 amide bonds. The zero-order valence-electron chi connectivity index (χ0n) is 15.2. The van der Waals surface area contributed by atoms with Gasteiger partial charge < -0.3 is 10.1 Å². The molecule has 142 valence electrons. The Bertz CT molecular complexity index is 917. The van der Waals surface area contributed by atoms with E-state index in [-0.39, 0.29) is 25.4 Å². The Labute approximate surface area is 159 Å². The molecule has 2 rings (SSSR count). The van der Waals surface area contributed by atoms with Crippen LogP contribution in [0.2, 0.25) is 0 Å². The maximum absolute atomic E-state index is 12.1. The molecule has 0 aliphatic carbocycles. The monoisotopic (exact) mass is 387 g/mol. The number of sulfonamides is 1. The molecule has 0 saturated heterocycles. The van der Waals surface area contributed by atoms with E-state index in [2.05, 4.69) is 5.32 Å². The molecular weight excluding hydrogens is 366 g/mol. The summed E-state index contributed by atoms with van der Waals surface area (Å²) in [7, 11) is -1.91. The number of nitrogens with one attached hydrogen (secondary N) is 1. The van der Waals surface area contributed by atoms with E-state index in [0.29, 0.717) is 17.0 Å². The van der Waals surface area contributed by atoms with Crippen LogP contribution in [0, 0.1) is 11.3 Å². The van der Waals surface area contributed by atoms with Gasteiger partial charge in [-0.25, -0.2) is 8.42 Å². The molecule has 2 aromatic carbocycles. The largest absolute Gasteiger partial charge is 0.497 e. The SMILES string of the molecule is COc1ccc(CN(CCC(=O)Nc2ccc(C#N)cc2)S(C)(=O)=O)cc1. The number of anilines is 1. The summed E-state index contributed by atoms with van der Waals surface area (Å²) >= 11 is 0. The molecular formula is C19H21N3O4S. The van der Waals surface area contributed by atoms with Crippen molar-refractivity contribution in [3.05, 3.63) is 59.7 Å². The number of carbonyl (C=O) groups excluding carboxylic acids is 1. The Morgan fingerprint density at radius 3 is 2.30 bits per heavy atom. The van der Waals surface area contributed by atoms with Gasteiger partial charge in [-0.3, -0.25) is 4.79 Å². The predicted octanol–water partition coefficient (Wildman–Crippen LogP) is 2.36. The summed E-state index contributed by atoms with van der Waals surface area (Å²) in [6.07, 6.45) is 1.14. The van der Waals surface area contributed by atoms with E-state index in [1.54, 1.807) is 55.6 Å². The quantitative estimate of drug-likeness (QED) is 0.749. The van der Waals surface area contributed by atoms with Crippen LogP contribution in [0.15, 0.2) is 48.5 Å². The molecule has 2 aromatic rings. The van der Waals surface area contributed by atoms with Crippen LogP contribution in [0.3, 0.4) is 0 Å². The fourth-order valence-corrected chi connectivity index (χ4v) is 3.18. The number of nitrogens with zero attached hydrogens (tertiary/aromatic N) is 2. The zero-order valence-corrected chi connectivity index (χ0v) is 16.0. The van der Waals surface area contributed by atoms with Crippen molar-refractivity contribution in [1.82, 2.24) is 4.31 Å². The van der Waals surface area contributed by atoms with Gasteiger partial charge >= 0.3 is 0 Å². The average Bonchev–Trinajstić information content (AvgIpc) is 2.65. The number of rotatable bonds is 8. The van der Waals surface area contributed by atoms with Gasteiger partial charge in [-0.05, 0) is 42.0 Å². The van der Waals surface area contributed by atoms with E-state index in [1.165, 1.54) is 4.31 Å². The van der Waals surface area contributed by atoms with Crippen molar-refractivity contribution in [2.45, 2.75) is 13.0 Å². The van der Waals surface area contributed by atoms with Crippen molar-refractivity contribution in [1.29, 1.82) is 5.26 Å². The highest BCUT2D eigenvalue weighted by Crippen LogP contribution is 2.15. The molecule has 8 heteroatoms. The Hall–Kier alpha value is -2.89. The van der Waals surface area contributed by atoms with Gasteiger partial charge in [0.2, 0.25) is 15.9 Å². The highest BCUT2D eigenvalue weighted by molar-refractivity contribution is 7.88. The first-order valence-electron chi connectivity index (χ1n) is 8.20. The minimum atomic E-state index is -3.47. The molecule has 0 unspecified atom stereocenters. The molecule has 0 spiro atoms. The summed E-state index contributed by atoms with van der Waals surface area (Å²) in [6.45, 7) is 0.236. The van der Waals surface area contributed by atoms with Crippen LogP contribution in [0.5, 0.6) is 5.75 Å². The van der Waals surface area contributed by atoms with Crippen molar-refractivity contribution in [2.75, 3.05) is 25.2 Å². The van der Waals surface area contributed by atoms with E-state index in [0.717, 1.165) is 11.8 Å². The second-order valence-electron chi connectivity index (χ2n) is 5.93. The lowest BCUT2D eigenvalue weighted by molar-refractivity contribution is -0.116. The van der Waals surface area contributed by atoms with Crippen molar-refractivity contribution in [3.63, 3.8) is 0 Å². The first-order chi connectivity index (χ1) is 12.8. The van der Waals surface area contributed by atoms with Gasteiger partial charge in [-0.15, -0.1) is 0 Å². The minimum Gasteiger partial charge on any atom is -0.497 e. The van der Waals surface area contributed by atoms with E-state index < -0.39 is 10.0 Å². The number of carbonyl (C=O) groups is 1. The fraction of sp³-hybridized carbons (Fsp3) is 0.263. The lowest BCUT2D eigenvalue weighted by Crippen LogP contribution is -2.32. The molecule has 0 atom stereocenters. The normalized spacial score (nSPS) is 11.0. The van der Waals surface area contributed by atoms with Crippen LogP contribution in [0.25, 0.3) is 0 Å². The van der Waals surface area contributed by atoms with Crippen molar-refractivity contribution in [3.8, 4) is 11.8 Å². The van der Waals surface area contributed by atoms with Gasteiger partial charge in [0.15, 0.2) is 0 Å². The second-order valence-corrected chi connectivity index (χ2v) is 7.91. The topological polar surface area (TPSA) is 99.5 Å². The summed E-state index contributed by atoms with van der Waals surface area (Å²) in [5, 5.41) is 11.5. The standard InChI is InChI=1S/C19H21N3O4S/c1-26-18-9-5-16(6-10-18)14-22(27(2,24)25)12-11-19(23)21-17-7-3-15(13-20)4-8-17/h3-10H,11-12,14H2,1-2H3,(H,21,23). The molecule has 0 heterocycles. The number of methoxy groups -OCH3 is 1. The third kappa shape index (κ3) is 6.40. The van der Waals surface area contributed by atoms with Crippen LogP contribution < -0.4 is 10.1 Å². The zero-order chi connectivity index (χ0) is 19.9. The molecule has 7 nitrogen and oxygen atoms in total. The van der Waals surface area contributed by atoms with Gasteiger partial charge in [0.05, 0.1) is 25.0 Å². The van der Waals surface area contributed by atoms with Crippen LogP contribution in [-0.4, -0.2) is 38.5 Å². The van der Waals surface area contributed by atoms with Gasteiger partial charge in [-0.1, -0.05) is 12.1 Å². The number of benzene rings is 2. The summed E-state index contributed by atoms with van der Waals surface area (Å²) < 4.78 is 30.4. The van der Waals surface area contributed by atoms with Gasteiger partial charge in [0.25, 0.3) is 0 Å². The number of nitriles is 1. The first kappa shape index (κ1) is 20.4. The Morgan fingerprint density at radius 1 is 1.15 bits per heavy atom. The van der Waals surface area contributed by atoms with E-state index in [9.17, 15) is 13.2 Å². The molecule has 0 bridgehead atoms. The molecule has 27 heavy (non-hydrogen) atoms. The molecule has 0 fully saturated rings. The smallest absolute Gasteiger partial charge is 0.225 e. The summed E-state index contributed by atoms with van der Waals surface area (Å²) in [6, 6.07) is 15.5. The summed E-state index contributed by atoms with van der Waals surface area (Å²) in [5.74, 6) is 0.384. The van der Waals surface area contributed by atoms with Gasteiger partial charge in [0.1, 0.15) is 5.75 Å². The third-order valence-corrected chi connectivity index (χ3v) is 5.12. The Morgan fingerprint density at radius 2 is 1.78 bits per heavy atom. The molecule has 0 aromatic heterocycles. The van der Waals surface area contributed by atoms with E-state index in [1.807, 2.05) is 6.07 Å². The Balaban J connectivity index is 1.96. The van der Waals surface area contributed by atoms with Crippen LogP contribution >= 0.6 is 0 Å². The van der Waals surface area contributed by atoms with Crippen molar-refractivity contribution >= 4 is 21.6 Å². The number of hydrogen-bond acceptors (Lipinski definition) is 5. The lowest BCUT2D eigenvalue weighted by atomic mass is 10.2. The van der Waals surface area contributed by atoms with E-state index in [4.69, 9.17) is 10.00 Å². The lowest BCUT2D eigenvalue weighted by Gasteiger charge is -2.20. The maximum Gasteiger partial charge on any atom is 0.225 e. The fourth-order valence-electron chi connectivity index (χ4n) is 2.37. The summed E-state index contributed by atoms with van der Waals surface area (Å²) in [4.78, 5) is 12.1.